The van der Waals surface area contributed by atoms with E-state index in [1.54, 1.807) is 19.1 Å². The van der Waals surface area contributed by atoms with Crippen LogP contribution in [0.25, 0.3) is 0 Å². The number of para-hydroxylation sites is 2. The molecule has 3 aromatic carbocycles. The molecule has 0 spiro atoms. The van der Waals surface area contributed by atoms with Gasteiger partial charge in [0.25, 0.3) is 5.91 Å². The van der Waals surface area contributed by atoms with Crippen molar-refractivity contribution in [2.24, 2.45) is 0 Å². The van der Waals surface area contributed by atoms with E-state index in [2.05, 4.69) is 0 Å². The summed E-state index contributed by atoms with van der Waals surface area (Å²) in [5.74, 6) is -0.160. The summed E-state index contributed by atoms with van der Waals surface area (Å²) in [4.78, 5) is 29.7. The number of halogens is 1. The Bertz CT molecular complexity index is 1080. The summed E-state index contributed by atoms with van der Waals surface area (Å²) in [6.07, 6.45) is 0.627. The van der Waals surface area contributed by atoms with Gasteiger partial charge in [-0.05, 0) is 49.2 Å². The number of hydrogen-bond donors (Lipinski definition) is 0. The van der Waals surface area contributed by atoms with Gasteiger partial charge >= 0.3 is 0 Å². The first-order chi connectivity index (χ1) is 14.5. The van der Waals surface area contributed by atoms with Crippen LogP contribution in [0.2, 0.25) is 5.02 Å². The number of rotatable bonds is 3. The second kappa shape index (κ2) is 8.33. The standard InChI is InChI=1S/C25H23ClN2O2/c1-17-16-24(21-13-7-9-15-23(21)27(17)18(2)29)28(19-10-4-3-5-11-19)25(30)20-12-6-8-14-22(20)26/h3-15,17,24H,16H2,1-2H3/t17-,24-/m0/s1. The highest BCUT2D eigenvalue weighted by Gasteiger charge is 2.38. The molecule has 1 aliphatic rings. The number of hydrogen-bond acceptors (Lipinski definition) is 2. The quantitative estimate of drug-likeness (QED) is 0.533. The van der Waals surface area contributed by atoms with Crippen molar-refractivity contribution in [3.63, 3.8) is 0 Å². The minimum atomic E-state index is -0.224. The largest absolute Gasteiger partial charge is 0.309 e. The molecule has 5 heteroatoms. The number of amides is 2. The fraction of sp³-hybridized carbons (Fsp3) is 0.200. The third-order valence-electron chi connectivity index (χ3n) is 5.57. The van der Waals surface area contributed by atoms with Gasteiger partial charge in [0, 0.05) is 24.3 Å². The Hall–Kier alpha value is -3.11. The molecular formula is C25H23ClN2O2. The first kappa shape index (κ1) is 20.2. The van der Waals surface area contributed by atoms with Crippen molar-refractivity contribution in [1.29, 1.82) is 0 Å². The molecule has 4 nitrogen and oxygen atoms in total. The average molecular weight is 419 g/mol. The van der Waals surface area contributed by atoms with Crippen LogP contribution < -0.4 is 9.80 Å². The number of carbonyl (C=O) groups excluding carboxylic acids is 2. The molecule has 0 bridgehead atoms. The summed E-state index contributed by atoms with van der Waals surface area (Å²) in [6.45, 7) is 3.60. The molecule has 30 heavy (non-hydrogen) atoms. The Morgan fingerprint density at radius 2 is 1.57 bits per heavy atom. The van der Waals surface area contributed by atoms with Crippen LogP contribution in [0, 0.1) is 0 Å². The van der Waals surface area contributed by atoms with E-state index >= 15 is 0 Å². The molecule has 152 valence electrons. The van der Waals surface area contributed by atoms with Crippen molar-refractivity contribution in [2.75, 3.05) is 9.80 Å². The molecule has 0 unspecified atom stereocenters. The topological polar surface area (TPSA) is 40.6 Å². The van der Waals surface area contributed by atoms with Gasteiger partial charge in [-0.25, -0.2) is 0 Å². The Morgan fingerprint density at radius 3 is 2.27 bits per heavy atom. The van der Waals surface area contributed by atoms with Crippen LogP contribution in [0.4, 0.5) is 11.4 Å². The predicted octanol–water partition coefficient (Wildman–Crippen LogP) is 5.87. The average Bonchev–Trinajstić information content (AvgIpc) is 2.74. The fourth-order valence-corrected chi connectivity index (χ4v) is 4.51. The van der Waals surface area contributed by atoms with Crippen LogP contribution in [0.5, 0.6) is 0 Å². The van der Waals surface area contributed by atoms with E-state index in [0.717, 1.165) is 16.9 Å². The Morgan fingerprint density at radius 1 is 0.933 bits per heavy atom. The molecule has 0 radical (unpaired) electrons. The number of nitrogens with zero attached hydrogens (tertiary/aromatic N) is 2. The van der Waals surface area contributed by atoms with E-state index < -0.39 is 0 Å². The lowest BCUT2D eigenvalue weighted by Crippen LogP contribution is -2.47. The van der Waals surface area contributed by atoms with Crippen molar-refractivity contribution in [3.8, 4) is 0 Å². The molecule has 0 N–H and O–H groups in total. The second-order valence-electron chi connectivity index (χ2n) is 7.54. The van der Waals surface area contributed by atoms with Gasteiger partial charge in [0.1, 0.15) is 0 Å². The Labute approximate surface area is 181 Å². The maximum absolute atomic E-state index is 13.8. The smallest absolute Gasteiger partial charge is 0.260 e. The first-order valence-corrected chi connectivity index (χ1v) is 10.4. The molecule has 2 amide bonds. The van der Waals surface area contributed by atoms with E-state index in [1.165, 1.54) is 0 Å². The highest BCUT2D eigenvalue weighted by Crippen LogP contribution is 2.43. The number of anilines is 2. The highest BCUT2D eigenvalue weighted by atomic mass is 35.5. The molecule has 1 aliphatic heterocycles. The molecule has 0 aromatic heterocycles. The molecule has 1 heterocycles. The number of carbonyl (C=O) groups is 2. The summed E-state index contributed by atoms with van der Waals surface area (Å²) in [6, 6.07) is 24.3. The maximum Gasteiger partial charge on any atom is 0.260 e. The summed E-state index contributed by atoms with van der Waals surface area (Å²) >= 11 is 6.38. The van der Waals surface area contributed by atoms with Crippen LogP contribution in [0.15, 0.2) is 78.9 Å². The van der Waals surface area contributed by atoms with E-state index in [4.69, 9.17) is 11.6 Å². The summed E-state index contributed by atoms with van der Waals surface area (Å²) in [5, 5.41) is 0.422. The van der Waals surface area contributed by atoms with Crippen LogP contribution in [-0.4, -0.2) is 17.9 Å². The van der Waals surface area contributed by atoms with Crippen LogP contribution in [-0.2, 0) is 4.79 Å². The van der Waals surface area contributed by atoms with Gasteiger partial charge in [-0.1, -0.05) is 60.1 Å². The zero-order chi connectivity index (χ0) is 21.3. The van der Waals surface area contributed by atoms with Gasteiger partial charge in [-0.2, -0.15) is 0 Å². The Balaban J connectivity index is 1.88. The predicted molar refractivity (Wildman–Crippen MR) is 121 cm³/mol. The van der Waals surface area contributed by atoms with Gasteiger partial charge in [0.05, 0.1) is 16.6 Å². The SMILES string of the molecule is CC(=O)N1c2ccccc2[C@@H](N(C(=O)c2ccccc2Cl)c2ccccc2)C[C@@H]1C. The molecule has 0 saturated carbocycles. The maximum atomic E-state index is 13.8. The summed E-state index contributed by atoms with van der Waals surface area (Å²) in [7, 11) is 0. The van der Waals surface area contributed by atoms with Crippen molar-refractivity contribution < 1.29 is 9.59 Å². The summed E-state index contributed by atoms with van der Waals surface area (Å²) < 4.78 is 0. The van der Waals surface area contributed by atoms with Gasteiger partial charge in [-0.3, -0.25) is 9.59 Å². The van der Waals surface area contributed by atoms with E-state index in [0.29, 0.717) is 17.0 Å². The van der Waals surface area contributed by atoms with Gasteiger partial charge in [-0.15, -0.1) is 0 Å². The molecule has 2 atom stereocenters. The van der Waals surface area contributed by atoms with Crippen LogP contribution in [0.1, 0.15) is 42.2 Å². The molecule has 3 aromatic rings. The van der Waals surface area contributed by atoms with E-state index in [-0.39, 0.29) is 23.9 Å². The minimum Gasteiger partial charge on any atom is -0.309 e. The molecule has 4 rings (SSSR count). The number of fused-ring (bicyclic) bond motifs is 1. The van der Waals surface area contributed by atoms with Crippen molar-refractivity contribution in [2.45, 2.75) is 32.4 Å². The lowest BCUT2D eigenvalue weighted by atomic mass is 9.89. The van der Waals surface area contributed by atoms with E-state index in [9.17, 15) is 9.59 Å². The van der Waals surface area contributed by atoms with Gasteiger partial charge < -0.3 is 9.80 Å². The third kappa shape index (κ3) is 3.59. The second-order valence-corrected chi connectivity index (χ2v) is 7.95. The third-order valence-corrected chi connectivity index (χ3v) is 5.90. The monoisotopic (exact) mass is 418 g/mol. The molecule has 0 fully saturated rings. The van der Waals surface area contributed by atoms with E-state index in [1.807, 2.05) is 83.5 Å². The van der Waals surface area contributed by atoms with Gasteiger partial charge in [0.15, 0.2) is 0 Å². The normalized spacial score (nSPS) is 17.9. The lowest BCUT2D eigenvalue weighted by molar-refractivity contribution is -0.117. The Kier molecular flexibility index (Phi) is 5.60. The van der Waals surface area contributed by atoms with Gasteiger partial charge in [0.2, 0.25) is 5.91 Å². The van der Waals surface area contributed by atoms with Crippen LogP contribution in [0.3, 0.4) is 0 Å². The summed E-state index contributed by atoms with van der Waals surface area (Å²) in [5.41, 5.74) is 3.06. The fourth-order valence-electron chi connectivity index (χ4n) is 4.30. The molecule has 0 aliphatic carbocycles. The van der Waals surface area contributed by atoms with Crippen molar-refractivity contribution >= 4 is 34.8 Å². The number of benzene rings is 3. The van der Waals surface area contributed by atoms with Crippen molar-refractivity contribution in [3.05, 3.63) is 95.0 Å². The van der Waals surface area contributed by atoms with Crippen molar-refractivity contribution in [1.82, 2.24) is 0 Å². The highest BCUT2D eigenvalue weighted by molar-refractivity contribution is 6.34. The molecule has 0 saturated heterocycles. The first-order valence-electron chi connectivity index (χ1n) is 10.0. The zero-order valence-corrected chi connectivity index (χ0v) is 17.7. The lowest BCUT2D eigenvalue weighted by Gasteiger charge is -2.43. The minimum absolute atomic E-state index is 0.00269. The molecular weight excluding hydrogens is 396 g/mol. The zero-order valence-electron chi connectivity index (χ0n) is 17.0. The van der Waals surface area contributed by atoms with Crippen LogP contribution >= 0.6 is 11.6 Å².